The van der Waals surface area contributed by atoms with Crippen molar-refractivity contribution in [1.29, 1.82) is 5.26 Å². The minimum absolute atomic E-state index is 0.136. The fraction of sp³-hybridized carbons (Fsp3) is 0.667. The highest BCUT2D eigenvalue weighted by Crippen LogP contribution is 2.33. The molecule has 2 N–H and O–H groups in total. The van der Waals surface area contributed by atoms with Crippen LogP contribution in [0.25, 0.3) is 0 Å². The van der Waals surface area contributed by atoms with Crippen molar-refractivity contribution in [3.8, 4) is 6.07 Å². The number of amides is 1. The number of methoxy groups -OCH3 is 1. The standard InChI is InChI=1S/C15H22BrN5O3/c1-15(2,3)24-14(22)20-7-9(5-10(20)8-23-4)21-13(18)11(6-17)12(16)19-21/h9-10H,5,7-8,18H2,1-4H3. The number of aromatic nitrogens is 2. The van der Waals surface area contributed by atoms with Gasteiger partial charge in [-0.2, -0.15) is 10.4 Å². The molecule has 2 heterocycles. The number of carbonyl (C=O) groups is 1. The monoisotopic (exact) mass is 399 g/mol. The van der Waals surface area contributed by atoms with E-state index in [-0.39, 0.29) is 17.9 Å². The Bertz CT molecular complexity index is 661. The SMILES string of the molecule is COCC1CC(n2nc(Br)c(C#N)c2N)CN1C(=O)OC(C)(C)C. The summed E-state index contributed by atoms with van der Waals surface area (Å²) in [5.41, 5.74) is 5.74. The van der Waals surface area contributed by atoms with E-state index in [0.717, 1.165) is 0 Å². The highest BCUT2D eigenvalue weighted by molar-refractivity contribution is 9.10. The molecular weight excluding hydrogens is 378 g/mol. The molecule has 24 heavy (non-hydrogen) atoms. The van der Waals surface area contributed by atoms with Gasteiger partial charge in [-0.05, 0) is 43.1 Å². The van der Waals surface area contributed by atoms with E-state index < -0.39 is 11.7 Å². The van der Waals surface area contributed by atoms with Crippen molar-refractivity contribution in [3.05, 3.63) is 10.2 Å². The van der Waals surface area contributed by atoms with E-state index >= 15 is 0 Å². The third-order valence-corrected chi connectivity index (χ3v) is 4.30. The minimum Gasteiger partial charge on any atom is -0.444 e. The molecule has 132 valence electrons. The second-order valence-electron chi connectivity index (χ2n) is 6.74. The lowest BCUT2D eigenvalue weighted by atomic mass is 10.2. The molecule has 0 aliphatic carbocycles. The van der Waals surface area contributed by atoms with Crippen molar-refractivity contribution in [2.24, 2.45) is 0 Å². The lowest BCUT2D eigenvalue weighted by Crippen LogP contribution is -2.41. The van der Waals surface area contributed by atoms with Crippen LogP contribution in [0, 0.1) is 11.3 Å². The summed E-state index contributed by atoms with van der Waals surface area (Å²) in [6, 6.07) is 1.74. The molecule has 0 saturated carbocycles. The Hall–Kier alpha value is -1.79. The topological polar surface area (TPSA) is 106 Å². The number of ether oxygens (including phenoxy) is 2. The molecule has 0 radical (unpaired) electrons. The van der Waals surface area contributed by atoms with Gasteiger partial charge in [0.2, 0.25) is 0 Å². The van der Waals surface area contributed by atoms with Crippen LogP contribution in [0.5, 0.6) is 0 Å². The van der Waals surface area contributed by atoms with E-state index in [9.17, 15) is 4.79 Å². The van der Waals surface area contributed by atoms with Gasteiger partial charge >= 0.3 is 6.09 Å². The number of nitriles is 1. The predicted molar refractivity (Wildman–Crippen MR) is 91.3 cm³/mol. The maximum atomic E-state index is 12.5. The van der Waals surface area contributed by atoms with Gasteiger partial charge in [0.25, 0.3) is 0 Å². The smallest absolute Gasteiger partial charge is 0.410 e. The summed E-state index contributed by atoms with van der Waals surface area (Å²) in [7, 11) is 1.59. The zero-order valence-corrected chi connectivity index (χ0v) is 15.8. The average molecular weight is 400 g/mol. The molecule has 2 rings (SSSR count). The molecule has 1 amide bonds. The van der Waals surface area contributed by atoms with E-state index in [2.05, 4.69) is 21.0 Å². The fourth-order valence-corrected chi connectivity index (χ4v) is 3.23. The maximum absolute atomic E-state index is 12.5. The van der Waals surface area contributed by atoms with Gasteiger partial charge in [0.1, 0.15) is 27.7 Å². The van der Waals surface area contributed by atoms with Crippen LogP contribution in [-0.4, -0.2) is 52.7 Å². The Labute approximate surface area is 149 Å². The molecule has 2 unspecified atom stereocenters. The largest absolute Gasteiger partial charge is 0.444 e. The van der Waals surface area contributed by atoms with Crippen molar-refractivity contribution in [2.75, 3.05) is 26.0 Å². The van der Waals surface area contributed by atoms with Crippen LogP contribution in [0.3, 0.4) is 0 Å². The van der Waals surface area contributed by atoms with E-state index in [1.54, 1.807) is 16.7 Å². The molecule has 1 aromatic heterocycles. The van der Waals surface area contributed by atoms with Crippen LogP contribution < -0.4 is 5.73 Å². The Balaban J connectivity index is 2.24. The number of anilines is 1. The maximum Gasteiger partial charge on any atom is 0.410 e. The van der Waals surface area contributed by atoms with Gasteiger partial charge in [-0.1, -0.05) is 0 Å². The number of carbonyl (C=O) groups excluding carboxylic acids is 1. The third-order valence-electron chi connectivity index (χ3n) is 3.74. The van der Waals surface area contributed by atoms with Gasteiger partial charge in [-0.3, -0.25) is 0 Å². The van der Waals surface area contributed by atoms with Crippen LogP contribution in [0.2, 0.25) is 0 Å². The number of halogens is 1. The number of rotatable bonds is 3. The Morgan fingerprint density at radius 2 is 2.21 bits per heavy atom. The number of nitrogens with two attached hydrogens (primary N) is 1. The number of hydrogen-bond acceptors (Lipinski definition) is 6. The van der Waals surface area contributed by atoms with Crippen molar-refractivity contribution in [1.82, 2.24) is 14.7 Å². The summed E-state index contributed by atoms with van der Waals surface area (Å²) in [5, 5.41) is 13.4. The lowest BCUT2D eigenvalue weighted by Gasteiger charge is -2.28. The molecule has 1 saturated heterocycles. The second kappa shape index (κ2) is 6.99. The van der Waals surface area contributed by atoms with Crippen LogP contribution >= 0.6 is 15.9 Å². The van der Waals surface area contributed by atoms with Gasteiger partial charge in [0.15, 0.2) is 0 Å². The van der Waals surface area contributed by atoms with Crippen molar-refractivity contribution in [2.45, 2.75) is 44.9 Å². The first kappa shape index (κ1) is 18.5. The summed E-state index contributed by atoms with van der Waals surface area (Å²) < 4.78 is 12.7. The normalized spacial score (nSPS) is 20.9. The third kappa shape index (κ3) is 3.82. The van der Waals surface area contributed by atoms with Crippen LogP contribution in [-0.2, 0) is 9.47 Å². The molecule has 1 aliphatic rings. The first-order chi connectivity index (χ1) is 11.2. The Morgan fingerprint density at radius 3 is 2.71 bits per heavy atom. The van der Waals surface area contributed by atoms with E-state index in [1.807, 2.05) is 26.8 Å². The molecule has 2 atom stereocenters. The molecular formula is C15H22BrN5O3. The first-order valence-corrected chi connectivity index (χ1v) is 8.39. The van der Waals surface area contributed by atoms with Crippen molar-refractivity contribution >= 4 is 27.8 Å². The van der Waals surface area contributed by atoms with E-state index in [0.29, 0.717) is 29.7 Å². The number of nitrogens with zero attached hydrogens (tertiary/aromatic N) is 4. The van der Waals surface area contributed by atoms with Crippen molar-refractivity contribution in [3.63, 3.8) is 0 Å². The fourth-order valence-electron chi connectivity index (χ4n) is 2.76. The molecule has 1 fully saturated rings. The Kier molecular flexibility index (Phi) is 5.40. The Morgan fingerprint density at radius 1 is 1.54 bits per heavy atom. The molecule has 0 bridgehead atoms. The van der Waals surface area contributed by atoms with Crippen LogP contribution in [0.1, 0.15) is 38.8 Å². The van der Waals surface area contributed by atoms with Crippen molar-refractivity contribution < 1.29 is 14.3 Å². The summed E-state index contributed by atoms with van der Waals surface area (Å²) in [4.78, 5) is 14.1. The first-order valence-electron chi connectivity index (χ1n) is 7.60. The number of nitrogen functional groups attached to an aromatic ring is 1. The van der Waals surface area contributed by atoms with Gasteiger partial charge in [0, 0.05) is 13.7 Å². The summed E-state index contributed by atoms with van der Waals surface area (Å²) in [6.07, 6.45) is 0.230. The predicted octanol–water partition coefficient (Wildman–Crippen LogP) is 2.30. The summed E-state index contributed by atoms with van der Waals surface area (Å²) in [5.74, 6) is 0.289. The minimum atomic E-state index is -0.575. The molecule has 9 heteroatoms. The van der Waals surface area contributed by atoms with Gasteiger partial charge in [0.05, 0.1) is 18.7 Å². The number of likely N-dealkylation sites (tertiary alicyclic amines) is 1. The van der Waals surface area contributed by atoms with E-state index in [4.69, 9.17) is 20.5 Å². The zero-order chi connectivity index (χ0) is 18.1. The molecule has 1 aliphatic heterocycles. The highest BCUT2D eigenvalue weighted by Gasteiger charge is 2.39. The quantitative estimate of drug-likeness (QED) is 0.835. The van der Waals surface area contributed by atoms with E-state index in [1.165, 1.54) is 0 Å². The lowest BCUT2D eigenvalue weighted by molar-refractivity contribution is 0.0145. The molecule has 0 spiro atoms. The van der Waals surface area contributed by atoms with Gasteiger partial charge < -0.3 is 20.1 Å². The second-order valence-corrected chi connectivity index (χ2v) is 7.49. The molecule has 1 aromatic rings. The zero-order valence-electron chi connectivity index (χ0n) is 14.2. The van der Waals surface area contributed by atoms with Crippen LogP contribution in [0.4, 0.5) is 10.6 Å². The van der Waals surface area contributed by atoms with Gasteiger partial charge in [-0.25, -0.2) is 9.48 Å². The summed E-state index contributed by atoms with van der Waals surface area (Å²) in [6.45, 7) is 6.26. The average Bonchev–Trinajstić information content (AvgIpc) is 2.99. The summed E-state index contributed by atoms with van der Waals surface area (Å²) >= 11 is 3.24. The molecule has 8 nitrogen and oxygen atoms in total. The highest BCUT2D eigenvalue weighted by atomic mass is 79.9. The van der Waals surface area contributed by atoms with Gasteiger partial charge in [-0.15, -0.1) is 0 Å². The van der Waals surface area contributed by atoms with Crippen LogP contribution in [0.15, 0.2) is 4.60 Å². The number of hydrogen-bond donors (Lipinski definition) is 1. The molecule has 0 aromatic carbocycles.